The number of carbonyl (C=O) groups excluding carboxylic acids is 1. The monoisotopic (exact) mass is 420 g/mol. The van der Waals surface area contributed by atoms with E-state index in [-0.39, 0.29) is 5.91 Å². The molecule has 140 valence electrons. The number of aryl methyl sites for hydroxylation is 1. The second-order valence-electron chi connectivity index (χ2n) is 6.00. The van der Waals surface area contributed by atoms with E-state index in [9.17, 15) is 4.79 Å². The van der Waals surface area contributed by atoms with E-state index in [1.807, 2.05) is 50.2 Å². The van der Waals surface area contributed by atoms with E-state index in [0.29, 0.717) is 24.6 Å². The molecule has 2 aromatic carbocycles. The van der Waals surface area contributed by atoms with Crippen molar-refractivity contribution in [2.24, 2.45) is 0 Å². The Morgan fingerprint density at radius 1 is 1.12 bits per heavy atom. The SMILES string of the molecule is CCN(CC(=O)Nc1ccc(Br)c(C)c1)Cc1ccc(OC)c(OC)c1. The van der Waals surface area contributed by atoms with E-state index in [4.69, 9.17) is 9.47 Å². The van der Waals surface area contributed by atoms with Crippen molar-refractivity contribution in [1.82, 2.24) is 4.90 Å². The molecule has 0 aliphatic heterocycles. The van der Waals surface area contributed by atoms with Gasteiger partial charge in [0.15, 0.2) is 11.5 Å². The van der Waals surface area contributed by atoms with Crippen molar-refractivity contribution in [1.29, 1.82) is 0 Å². The number of amides is 1. The number of hydrogen-bond donors (Lipinski definition) is 1. The molecule has 0 aromatic heterocycles. The molecule has 0 atom stereocenters. The van der Waals surface area contributed by atoms with Crippen molar-refractivity contribution in [3.05, 3.63) is 52.0 Å². The minimum Gasteiger partial charge on any atom is -0.493 e. The normalized spacial score (nSPS) is 10.7. The molecule has 6 heteroatoms. The fourth-order valence-corrected chi connectivity index (χ4v) is 2.89. The summed E-state index contributed by atoms with van der Waals surface area (Å²) >= 11 is 3.47. The van der Waals surface area contributed by atoms with Crippen LogP contribution in [-0.4, -0.2) is 38.1 Å². The summed E-state index contributed by atoms with van der Waals surface area (Å²) in [5, 5.41) is 2.96. The number of nitrogens with one attached hydrogen (secondary N) is 1. The zero-order valence-corrected chi connectivity index (χ0v) is 17.2. The van der Waals surface area contributed by atoms with Gasteiger partial charge in [-0.05, 0) is 54.9 Å². The maximum absolute atomic E-state index is 12.4. The van der Waals surface area contributed by atoms with Crippen LogP contribution in [0.1, 0.15) is 18.1 Å². The van der Waals surface area contributed by atoms with Crippen LogP contribution in [-0.2, 0) is 11.3 Å². The van der Waals surface area contributed by atoms with Crippen molar-refractivity contribution < 1.29 is 14.3 Å². The van der Waals surface area contributed by atoms with Gasteiger partial charge < -0.3 is 14.8 Å². The van der Waals surface area contributed by atoms with E-state index in [1.54, 1.807) is 14.2 Å². The lowest BCUT2D eigenvalue weighted by atomic mass is 10.2. The molecule has 0 spiro atoms. The second-order valence-corrected chi connectivity index (χ2v) is 6.86. The van der Waals surface area contributed by atoms with Gasteiger partial charge in [-0.2, -0.15) is 0 Å². The van der Waals surface area contributed by atoms with Crippen LogP contribution in [0.5, 0.6) is 11.5 Å². The minimum absolute atomic E-state index is 0.0333. The molecule has 1 N–H and O–H groups in total. The van der Waals surface area contributed by atoms with E-state index >= 15 is 0 Å². The van der Waals surface area contributed by atoms with Gasteiger partial charge in [0.1, 0.15) is 0 Å². The van der Waals surface area contributed by atoms with Crippen LogP contribution in [0.25, 0.3) is 0 Å². The van der Waals surface area contributed by atoms with Gasteiger partial charge in [-0.25, -0.2) is 0 Å². The maximum Gasteiger partial charge on any atom is 0.238 e. The number of halogens is 1. The first kappa shape index (κ1) is 20.3. The zero-order chi connectivity index (χ0) is 19.1. The predicted molar refractivity (Wildman–Crippen MR) is 108 cm³/mol. The molecule has 0 bridgehead atoms. The van der Waals surface area contributed by atoms with Crippen LogP contribution in [0, 0.1) is 6.92 Å². The zero-order valence-electron chi connectivity index (χ0n) is 15.6. The molecule has 0 saturated carbocycles. The summed E-state index contributed by atoms with van der Waals surface area (Å²) in [6.07, 6.45) is 0. The molecule has 5 nitrogen and oxygen atoms in total. The van der Waals surface area contributed by atoms with Gasteiger partial charge in [0, 0.05) is 16.7 Å². The first-order chi connectivity index (χ1) is 12.5. The van der Waals surface area contributed by atoms with Gasteiger partial charge in [0.2, 0.25) is 5.91 Å². The average molecular weight is 421 g/mol. The highest BCUT2D eigenvalue weighted by Gasteiger charge is 2.12. The molecule has 0 saturated heterocycles. The van der Waals surface area contributed by atoms with E-state index in [2.05, 4.69) is 26.1 Å². The van der Waals surface area contributed by atoms with Crippen molar-refractivity contribution in [3.63, 3.8) is 0 Å². The van der Waals surface area contributed by atoms with Crippen LogP contribution >= 0.6 is 15.9 Å². The van der Waals surface area contributed by atoms with Gasteiger partial charge in [0.05, 0.1) is 20.8 Å². The molecule has 1 amide bonds. The number of carbonyl (C=O) groups is 1. The second kappa shape index (κ2) is 9.59. The molecule has 0 fully saturated rings. The topological polar surface area (TPSA) is 50.8 Å². The van der Waals surface area contributed by atoms with Gasteiger partial charge >= 0.3 is 0 Å². The fraction of sp³-hybridized carbons (Fsp3) is 0.350. The van der Waals surface area contributed by atoms with Gasteiger partial charge in [-0.1, -0.05) is 28.9 Å². The smallest absolute Gasteiger partial charge is 0.238 e. The summed E-state index contributed by atoms with van der Waals surface area (Å²) in [5.41, 5.74) is 2.95. The Labute approximate surface area is 163 Å². The molecule has 0 unspecified atom stereocenters. The molecule has 0 radical (unpaired) electrons. The molecule has 0 aliphatic rings. The molecule has 2 aromatic rings. The van der Waals surface area contributed by atoms with Crippen molar-refractivity contribution in [2.45, 2.75) is 20.4 Å². The lowest BCUT2D eigenvalue weighted by Crippen LogP contribution is -2.32. The summed E-state index contributed by atoms with van der Waals surface area (Å²) in [6.45, 7) is 5.78. The lowest BCUT2D eigenvalue weighted by Gasteiger charge is -2.20. The Bertz CT molecular complexity index is 765. The Hall–Kier alpha value is -2.05. The Morgan fingerprint density at radius 2 is 1.85 bits per heavy atom. The Balaban J connectivity index is 2.00. The van der Waals surface area contributed by atoms with Crippen molar-refractivity contribution >= 4 is 27.5 Å². The number of likely N-dealkylation sites (N-methyl/N-ethyl adjacent to an activating group) is 1. The molecular weight excluding hydrogens is 396 g/mol. The quantitative estimate of drug-likeness (QED) is 0.693. The standard InChI is InChI=1S/C20H25BrN2O3/c1-5-23(12-15-6-9-18(25-3)19(11-15)26-4)13-20(24)22-16-7-8-17(21)14(2)10-16/h6-11H,5,12-13H2,1-4H3,(H,22,24). The number of rotatable bonds is 8. The molecule has 0 heterocycles. The third kappa shape index (κ3) is 5.47. The lowest BCUT2D eigenvalue weighted by molar-refractivity contribution is -0.117. The first-order valence-corrected chi connectivity index (χ1v) is 9.25. The Kier molecular flexibility index (Phi) is 7.48. The third-order valence-electron chi connectivity index (χ3n) is 4.11. The molecular formula is C20H25BrN2O3. The molecule has 26 heavy (non-hydrogen) atoms. The summed E-state index contributed by atoms with van der Waals surface area (Å²) in [5.74, 6) is 1.35. The first-order valence-electron chi connectivity index (χ1n) is 8.46. The average Bonchev–Trinajstić information content (AvgIpc) is 2.64. The fourth-order valence-electron chi connectivity index (χ4n) is 2.64. The summed E-state index contributed by atoms with van der Waals surface area (Å²) < 4.78 is 11.6. The number of hydrogen-bond acceptors (Lipinski definition) is 4. The van der Waals surface area contributed by atoms with Crippen LogP contribution < -0.4 is 14.8 Å². The third-order valence-corrected chi connectivity index (χ3v) is 5.00. The number of ether oxygens (including phenoxy) is 2. The highest BCUT2D eigenvalue weighted by molar-refractivity contribution is 9.10. The highest BCUT2D eigenvalue weighted by Crippen LogP contribution is 2.28. The predicted octanol–water partition coefficient (Wildman–Crippen LogP) is 4.24. The maximum atomic E-state index is 12.4. The van der Waals surface area contributed by atoms with Crippen LogP contribution in [0.3, 0.4) is 0 Å². The van der Waals surface area contributed by atoms with Crippen molar-refractivity contribution in [3.8, 4) is 11.5 Å². The van der Waals surface area contributed by atoms with Crippen LogP contribution in [0.15, 0.2) is 40.9 Å². The number of benzene rings is 2. The summed E-state index contributed by atoms with van der Waals surface area (Å²) in [7, 11) is 3.23. The number of anilines is 1. The molecule has 0 aliphatic carbocycles. The number of nitrogens with zero attached hydrogens (tertiary/aromatic N) is 1. The van der Waals surface area contributed by atoms with Crippen LogP contribution in [0.4, 0.5) is 5.69 Å². The summed E-state index contributed by atoms with van der Waals surface area (Å²) in [6, 6.07) is 11.6. The van der Waals surface area contributed by atoms with Crippen molar-refractivity contribution in [2.75, 3.05) is 32.6 Å². The van der Waals surface area contributed by atoms with Crippen LogP contribution in [0.2, 0.25) is 0 Å². The Morgan fingerprint density at radius 3 is 2.46 bits per heavy atom. The minimum atomic E-state index is -0.0333. The van der Waals surface area contributed by atoms with E-state index in [1.165, 1.54) is 0 Å². The highest BCUT2D eigenvalue weighted by atomic mass is 79.9. The molecule has 2 rings (SSSR count). The number of methoxy groups -OCH3 is 2. The van der Waals surface area contributed by atoms with Gasteiger partial charge in [0.25, 0.3) is 0 Å². The van der Waals surface area contributed by atoms with Gasteiger partial charge in [-0.3, -0.25) is 9.69 Å². The summed E-state index contributed by atoms with van der Waals surface area (Å²) in [4.78, 5) is 14.5. The van der Waals surface area contributed by atoms with E-state index in [0.717, 1.165) is 27.8 Å². The van der Waals surface area contributed by atoms with Gasteiger partial charge in [-0.15, -0.1) is 0 Å². The van der Waals surface area contributed by atoms with E-state index < -0.39 is 0 Å². The largest absolute Gasteiger partial charge is 0.493 e.